The average Bonchev–Trinajstić information content (AvgIpc) is 3.34. The number of fused-ring (bicyclic) bond motifs is 1. The van der Waals surface area contributed by atoms with Crippen LogP contribution in [0.5, 0.6) is 5.75 Å². The van der Waals surface area contributed by atoms with Crippen LogP contribution in [0.15, 0.2) is 47.4 Å². The van der Waals surface area contributed by atoms with E-state index in [1.807, 2.05) is 24.3 Å². The number of para-hydroxylation sites is 1. The minimum atomic E-state index is -3.76. The lowest BCUT2D eigenvalue weighted by Crippen LogP contribution is -2.30. The molecule has 29 heavy (non-hydrogen) atoms. The Balaban J connectivity index is 1.71. The molecular formula is C20H21N3O4S2. The van der Waals surface area contributed by atoms with E-state index in [0.29, 0.717) is 18.0 Å². The van der Waals surface area contributed by atoms with Crippen molar-refractivity contribution >= 4 is 43.2 Å². The number of methoxy groups -OCH3 is 1. The summed E-state index contributed by atoms with van der Waals surface area (Å²) < 4.78 is 34.6. The minimum absolute atomic E-state index is 0.120. The molecule has 0 radical (unpaired) electrons. The van der Waals surface area contributed by atoms with E-state index in [1.54, 1.807) is 6.07 Å². The van der Waals surface area contributed by atoms with Gasteiger partial charge in [0.15, 0.2) is 0 Å². The van der Waals surface area contributed by atoms with Crippen LogP contribution in [0.1, 0.15) is 30.8 Å². The summed E-state index contributed by atoms with van der Waals surface area (Å²) in [6.45, 7) is 1.80. The summed E-state index contributed by atoms with van der Waals surface area (Å²) >= 11 is 1.53. The Morgan fingerprint density at radius 3 is 2.79 bits per heavy atom. The molecule has 1 unspecified atom stereocenters. The fourth-order valence-corrected chi connectivity index (χ4v) is 6.45. The van der Waals surface area contributed by atoms with Gasteiger partial charge in [-0.2, -0.15) is 4.31 Å². The predicted molar refractivity (Wildman–Crippen MR) is 113 cm³/mol. The third-order valence-corrected chi connectivity index (χ3v) is 7.93. The smallest absolute Gasteiger partial charge is 0.243 e. The number of carbonyl (C=O) groups excluding carboxylic acids is 1. The summed E-state index contributed by atoms with van der Waals surface area (Å²) in [6.07, 6.45) is 1.50. The first kappa shape index (κ1) is 19.8. The number of aromatic nitrogens is 1. The van der Waals surface area contributed by atoms with Crippen LogP contribution in [0.3, 0.4) is 0 Å². The number of nitrogens with one attached hydrogen (secondary N) is 1. The van der Waals surface area contributed by atoms with Crippen molar-refractivity contribution in [1.82, 2.24) is 9.29 Å². The highest BCUT2D eigenvalue weighted by Crippen LogP contribution is 2.40. The number of nitrogens with zero attached hydrogens (tertiary/aromatic N) is 2. The molecule has 7 nitrogen and oxygen atoms in total. The van der Waals surface area contributed by atoms with E-state index in [-0.39, 0.29) is 16.8 Å². The summed E-state index contributed by atoms with van der Waals surface area (Å²) in [6, 6.07) is 12.0. The highest BCUT2D eigenvalue weighted by atomic mass is 32.2. The van der Waals surface area contributed by atoms with Gasteiger partial charge in [0.2, 0.25) is 15.9 Å². The second kappa shape index (κ2) is 7.74. The number of benzene rings is 2. The molecule has 3 aromatic rings. The van der Waals surface area contributed by atoms with Crippen LogP contribution in [0, 0.1) is 0 Å². The molecule has 2 aromatic carbocycles. The van der Waals surface area contributed by atoms with Crippen molar-refractivity contribution in [2.24, 2.45) is 0 Å². The van der Waals surface area contributed by atoms with Crippen LogP contribution in [0.2, 0.25) is 0 Å². The van der Waals surface area contributed by atoms with Crippen LogP contribution in [0.25, 0.3) is 10.2 Å². The first-order valence-corrected chi connectivity index (χ1v) is 11.5. The lowest BCUT2D eigenvalue weighted by atomic mass is 10.2. The van der Waals surface area contributed by atoms with Gasteiger partial charge < -0.3 is 10.1 Å². The molecule has 0 bridgehead atoms. The maximum atomic E-state index is 13.4. The molecule has 1 fully saturated rings. The molecule has 1 N–H and O–H groups in total. The SMILES string of the molecule is COc1ccc(S(=O)(=O)N2CCCC2c2nc3ccccc3s2)cc1NC(C)=O. The van der Waals surface area contributed by atoms with Gasteiger partial charge in [-0.25, -0.2) is 13.4 Å². The topological polar surface area (TPSA) is 88.6 Å². The van der Waals surface area contributed by atoms with Gasteiger partial charge in [0, 0.05) is 13.5 Å². The molecule has 0 aliphatic carbocycles. The van der Waals surface area contributed by atoms with Crippen LogP contribution < -0.4 is 10.1 Å². The Labute approximate surface area is 173 Å². The maximum Gasteiger partial charge on any atom is 0.243 e. The first-order valence-electron chi connectivity index (χ1n) is 9.23. The van der Waals surface area contributed by atoms with Crippen molar-refractivity contribution in [2.45, 2.75) is 30.7 Å². The number of hydrogen-bond acceptors (Lipinski definition) is 6. The Bertz CT molecular complexity index is 1140. The van der Waals surface area contributed by atoms with Crippen molar-refractivity contribution in [1.29, 1.82) is 0 Å². The van der Waals surface area contributed by atoms with Crippen molar-refractivity contribution in [3.8, 4) is 5.75 Å². The average molecular weight is 432 g/mol. The molecule has 1 atom stereocenters. The Morgan fingerprint density at radius 2 is 2.07 bits per heavy atom. The first-order chi connectivity index (χ1) is 13.9. The Hall–Kier alpha value is -2.49. The second-order valence-electron chi connectivity index (χ2n) is 6.84. The molecule has 1 aromatic heterocycles. The van der Waals surface area contributed by atoms with E-state index in [9.17, 15) is 13.2 Å². The van der Waals surface area contributed by atoms with Crippen LogP contribution >= 0.6 is 11.3 Å². The standard InChI is InChI=1S/C20H21N3O4S2/c1-13(24)21-16-12-14(9-10-18(16)27-2)29(25,26)23-11-5-7-17(23)20-22-15-6-3-4-8-19(15)28-20/h3-4,6,8-10,12,17H,5,7,11H2,1-2H3,(H,21,24). The lowest BCUT2D eigenvalue weighted by Gasteiger charge is -2.23. The number of ether oxygens (including phenoxy) is 1. The number of anilines is 1. The van der Waals surface area contributed by atoms with E-state index in [2.05, 4.69) is 10.3 Å². The van der Waals surface area contributed by atoms with Crippen molar-refractivity contribution in [3.05, 3.63) is 47.5 Å². The molecule has 1 aliphatic heterocycles. The maximum absolute atomic E-state index is 13.4. The largest absolute Gasteiger partial charge is 0.495 e. The molecular weight excluding hydrogens is 410 g/mol. The van der Waals surface area contributed by atoms with E-state index < -0.39 is 10.0 Å². The fraction of sp³-hybridized carbons (Fsp3) is 0.300. The Kier molecular flexibility index (Phi) is 5.28. The zero-order valence-corrected chi connectivity index (χ0v) is 17.7. The van der Waals surface area contributed by atoms with Crippen LogP contribution in [-0.4, -0.2) is 37.3 Å². The molecule has 1 amide bonds. The van der Waals surface area contributed by atoms with E-state index in [1.165, 1.54) is 41.8 Å². The van der Waals surface area contributed by atoms with Crippen molar-refractivity contribution in [2.75, 3.05) is 19.0 Å². The van der Waals surface area contributed by atoms with Crippen LogP contribution in [-0.2, 0) is 14.8 Å². The molecule has 152 valence electrons. The molecule has 2 heterocycles. The van der Waals surface area contributed by atoms with Gasteiger partial charge in [-0.1, -0.05) is 12.1 Å². The summed E-state index contributed by atoms with van der Waals surface area (Å²) in [4.78, 5) is 16.3. The highest BCUT2D eigenvalue weighted by molar-refractivity contribution is 7.89. The number of hydrogen-bond donors (Lipinski definition) is 1. The van der Waals surface area contributed by atoms with Gasteiger partial charge in [-0.3, -0.25) is 4.79 Å². The Morgan fingerprint density at radius 1 is 1.28 bits per heavy atom. The van der Waals surface area contributed by atoms with Gasteiger partial charge in [-0.05, 0) is 43.2 Å². The quantitative estimate of drug-likeness (QED) is 0.664. The van der Waals surface area contributed by atoms with E-state index in [0.717, 1.165) is 28.1 Å². The normalized spacial score (nSPS) is 17.5. The molecule has 0 spiro atoms. The van der Waals surface area contributed by atoms with E-state index in [4.69, 9.17) is 4.74 Å². The zero-order valence-electron chi connectivity index (χ0n) is 16.1. The third kappa shape index (κ3) is 3.73. The number of carbonyl (C=O) groups is 1. The molecule has 9 heteroatoms. The predicted octanol–water partition coefficient (Wildman–Crippen LogP) is 3.79. The molecule has 0 saturated carbocycles. The van der Waals surface area contributed by atoms with Gasteiger partial charge in [0.05, 0.1) is 34.0 Å². The van der Waals surface area contributed by atoms with Gasteiger partial charge in [-0.15, -0.1) is 11.3 Å². The van der Waals surface area contributed by atoms with Gasteiger partial charge in [0.1, 0.15) is 10.8 Å². The summed E-state index contributed by atoms with van der Waals surface area (Å²) in [5.41, 5.74) is 1.21. The second-order valence-corrected chi connectivity index (χ2v) is 9.79. The highest BCUT2D eigenvalue weighted by Gasteiger charge is 2.38. The number of sulfonamides is 1. The molecule has 1 aliphatic rings. The monoisotopic (exact) mass is 431 g/mol. The van der Waals surface area contributed by atoms with Crippen LogP contribution in [0.4, 0.5) is 5.69 Å². The third-order valence-electron chi connectivity index (χ3n) is 4.89. The summed E-state index contributed by atoms with van der Waals surface area (Å²) in [7, 11) is -2.29. The number of thiazole rings is 1. The summed E-state index contributed by atoms with van der Waals surface area (Å²) in [5.74, 6) is 0.106. The molecule has 4 rings (SSSR count). The zero-order chi connectivity index (χ0) is 20.6. The lowest BCUT2D eigenvalue weighted by molar-refractivity contribution is -0.114. The van der Waals surface area contributed by atoms with Gasteiger partial charge in [0.25, 0.3) is 0 Å². The fourth-order valence-electron chi connectivity index (χ4n) is 3.58. The molecule has 1 saturated heterocycles. The number of rotatable bonds is 5. The van der Waals surface area contributed by atoms with E-state index >= 15 is 0 Å². The number of amides is 1. The van der Waals surface area contributed by atoms with Crippen molar-refractivity contribution in [3.63, 3.8) is 0 Å². The summed E-state index contributed by atoms with van der Waals surface area (Å²) in [5, 5.41) is 3.44. The van der Waals surface area contributed by atoms with Gasteiger partial charge >= 0.3 is 0 Å². The van der Waals surface area contributed by atoms with Crippen molar-refractivity contribution < 1.29 is 17.9 Å². The minimum Gasteiger partial charge on any atom is -0.495 e.